The Morgan fingerprint density at radius 3 is 2.72 bits per heavy atom. The molecule has 0 unspecified atom stereocenters. The number of amides is 3. The minimum absolute atomic E-state index is 0.0957. The Hall–Kier alpha value is -2.82. The van der Waals surface area contributed by atoms with Crippen LogP contribution in [0.5, 0.6) is 0 Å². The monoisotopic (exact) mass is 430 g/mol. The van der Waals surface area contributed by atoms with Gasteiger partial charge in [0.2, 0.25) is 11.8 Å². The first-order valence-electron chi connectivity index (χ1n) is 8.66. The molecule has 1 aliphatic heterocycles. The van der Waals surface area contributed by atoms with Gasteiger partial charge in [-0.1, -0.05) is 23.9 Å². The fourth-order valence-electron chi connectivity index (χ4n) is 2.85. The zero-order valence-corrected chi connectivity index (χ0v) is 16.6. The van der Waals surface area contributed by atoms with Gasteiger partial charge in [0.05, 0.1) is 28.1 Å². The molecule has 2 N–H and O–H groups in total. The first kappa shape index (κ1) is 19.5. The quantitative estimate of drug-likeness (QED) is 0.355. The van der Waals surface area contributed by atoms with Gasteiger partial charge in [0, 0.05) is 0 Å². The summed E-state index contributed by atoms with van der Waals surface area (Å²) in [5, 5.41) is 0. The number of thioether (sulfide) groups is 1. The molecule has 1 aliphatic rings. The van der Waals surface area contributed by atoms with E-state index in [0.717, 1.165) is 19.5 Å². The highest BCUT2D eigenvalue weighted by Gasteiger charge is 2.39. The molecule has 0 saturated carbocycles. The molecular formula is C19H15FN4O3S2. The minimum Gasteiger partial charge on any atom is -0.290 e. The van der Waals surface area contributed by atoms with Gasteiger partial charge in [0.25, 0.3) is 5.91 Å². The molecule has 1 fully saturated rings. The number of nitrogens with one attached hydrogen (secondary N) is 2. The number of anilines is 1. The number of benzene rings is 2. The molecule has 2 aromatic carbocycles. The number of imide groups is 1. The van der Waals surface area contributed by atoms with E-state index in [4.69, 9.17) is 0 Å². The number of aromatic nitrogens is 1. The Balaban J connectivity index is 1.30. The molecule has 1 saturated heterocycles. The zero-order valence-electron chi connectivity index (χ0n) is 14.9. The molecular weight excluding hydrogens is 415 g/mol. The molecule has 29 heavy (non-hydrogen) atoms. The van der Waals surface area contributed by atoms with E-state index in [2.05, 4.69) is 15.8 Å². The number of carbonyl (C=O) groups is 3. The molecule has 3 amide bonds. The normalized spacial score (nSPS) is 16.6. The number of halogens is 1. The number of carbonyl (C=O) groups excluding carboxylic acids is 3. The van der Waals surface area contributed by atoms with Crippen LogP contribution in [-0.4, -0.2) is 34.5 Å². The van der Waals surface area contributed by atoms with E-state index < -0.39 is 23.7 Å². The predicted molar refractivity (Wildman–Crippen MR) is 109 cm³/mol. The number of hydrazine groups is 1. The van der Waals surface area contributed by atoms with Crippen molar-refractivity contribution in [2.45, 2.75) is 16.8 Å². The van der Waals surface area contributed by atoms with E-state index in [9.17, 15) is 18.8 Å². The van der Waals surface area contributed by atoms with Gasteiger partial charge in [0.15, 0.2) is 4.34 Å². The Bertz CT molecular complexity index is 1050. The van der Waals surface area contributed by atoms with Gasteiger partial charge >= 0.3 is 0 Å². The molecule has 0 aliphatic carbocycles. The minimum atomic E-state index is -0.871. The summed E-state index contributed by atoms with van der Waals surface area (Å²) < 4.78 is 14.9. The fourth-order valence-corrected chi connectivity index (χ4v) is 4.72. The summed E-state index contributed by atoms with van der Waals surface area (Å²) in [7, 11) is 0. The predicted octanol–water partition coefficient (Wildman–Crippen LogP) is 2.48. The summed E-state index contributed by atoms with van der Waals surface area (Å²) in [6.45, 7) is 0. The molecule has 4 rings (SSSR count). The summed E-state index contributed by atoms with van der Waals surface area (Å²) in [5.74, 6) is -1.60. The number of hydrogen-bond acceptors (Lipinski definition) is 7. The SMILES string of the molecule is O=C(CSc1nc2ccccc2s1)NN[C@H]1CC(=O)N(c2ccc(F)cc2)C1=O. The molecule has 148 valence electrons. The van der Waals surface area contributed by atoms with Crippen LogP contribution in [0.15, 0.2) is 52.9 Å². The van der Waals surface area contributed by atoms with Crippen LogP contribution in [0.4, 0.5) is 10.1 Å². The van der Waals surface area contributed by atoms with E-state index in [1.165, 1.54) is 47.4 Å². The fraction of sp³-hybridized carbons (Fsp3) is 0.158. The van der Waals surface area contributed by atoms with Crippen molar-refractivity contribution < 1.29 is 18.8 Å². The van der Waals surface area contributed by atoms with Crippen LogP contribution in [0, 0.1) is 5.82 Å². The first-order valence-corrected chi connectivity index (χ1v) is 10.5. The third-order valence-electron chi connectivity index (χ3n) is 4.22. The van der Waals surface area contributed by atoms with Gasteiger partial charge < -0.3 is 0 Å². The summed E-state index contributed by atoms with van der Waals surface area (Å²) >= 11 is 2.80. The first-order chi connectivity index (χ1) is 14.0. The number of hydrogen-bond donors (Lipinski definition) is 2. The number of fused-ring (bicyclic) bond motifs is 1. The van der Waals surface area contributed by atoms with Crippen LogP contribution < -0.4 is 15.8 Å². The second-order valence-corrected chi connectivity index (χ2v) is 8.48. The second-order valence-electron chi connectivity index (χ2n) is 6.23. The maximum absolute atomic E-state index is 13.1. The highest BCUT2D eigenvalue weighted by Crippen LogP contribution is 2.29. The largest absolute Gasteiger partial charge is 0.290 e. The summed E-state index contributed by atoms with van der Waals surface area (Å²) in [6, 6.07) is 11.9. The lowest BCUT2D eigenvalue weighted by molar-refractivity contribution is -0.122. The molecule has 1 aromatic heterocycles. The number of rotatable bonds is 6. The summed E-state index contributed by atoms with van der Waals surface area (Å²) in [4.78, 5) is 42.2. The topological polar surface area (TPSA) is 91.4 Å². The van der Waals surface area contributed by atoms with Crippen LogP contribution in [0.3, 0.4) is 0 Å². The molecule has 0 radical (unpaired) electrons. The Morgan fingerprint density at radius 1 is 1.21 bits per heavy atom. The molecule has 10 heteroatoms. The van der Waals surface area contributed by atoms with E-state index in [1.54, 1.807) is 0 Å². The van der Waals surface area contributed by atoms with Gasteiger partial charge in [-0.05, 0) is 36.4 Å². The smallest absolute Gasteiger partial charge is 0.253 e. The highest BCUT2D eigenvalue weighted by atomic mass is 32.2. The van der Waals surface area contributed by atoms with Crippen molar-refractivity contribution in [2.24, 2.45) is 0 Å². The van der Waals surface area contributed by atoms with E-state index >= 15 is 0 Å². The van der Waals surface area contributed by atoms with E-state index in [-0.39, 0.29) is 18.1 Å². The van der Waals surface area contributed by atoms with Crippen molar-refractivity contribution >= 4 is 56.7 Å². The molecule has 3 aromatic rings. The third-order valence-corrected chi connectivity index (χ3v) is 6.40. The maximum atomic E-state index is 13.1. The number of thiazole rings is 1. The van der Waals surface area contributed by atoms with Gasteiger partial charge in [0.1, 0.15) is 11.9 Å². The maximum Gasteiger partial charge on any atom is 0.253 e. The van der Waals surface area contributed by atoms with Crippen LogP contribution in [0.1, 0.15) is 6.42 Å². The summed E-state index contributed by atoms with van der Waals surface area (Å²) in [6.07, 6.45) is -0.0957. The van der Waals surface area contributed by atoms with E-state index in [0.29, 0.717) is 5.69 Å². The van der Waals surface area contributed by atoms with E-state index in [1.807, 2.05) is 24.3 Å². The van der Waals surface area contributed by atoms with Gasteiger partial charge in [-0.15, -0.1) is 11.3 Å². The Labute approximate surface area is 173 Å². The lowest BCUT2D eigenvalue weighted by Crippen LogP contribution is -2.48. The lowest BCUT2D eigenvalue weighted by Gasteiger charge is -2.15. The number of para-hydroxylation sites is 1. The molecule has 0 bridgehead atoms. The molecule has 1 atom stereocenters. The van der Waals surface area contributed by atoms with Crippen LogP contribution >= 0.6 is 23.1 Å². The van der Waals surface area contributed by atoms with Gasteiger partial charge in [-0.2, -0.15) is 0 Å². The van der Waals surface area contributed by atoms with Crippen molar-refractivity contribution in [2.75, 3.05) is 10.7 Å². The third kappa shape index (κ3) is 4.29. The molecule has 0 spiro atoms. The summed E-state index contributed by atoms with van der Waals surface area (Å²) in [5.41, 5.74) is 6.27. The average molecular weight is 430 g/mol. The van der Waals surface area contributed by atoms with Crippen LogP contribution in [0.2, 0.25) is 0 Å². The van der Waals surface area contributed by atoms with Crippen LogP contribution in [-0.2, 0) is 14.4 Å². The van der Waals surface area contributed by atoms with Crippen molar-refractivity contribution in [1.82, 2.24) is 15.8 Å². The second kappa shape index (κ2) is 8.27. The van der Waals surface area contributed by atoms with Crippen molar-refractivity contribution in [3.63, 3.8) is 0 Å². The number of nitrogens with zero attached hydrogens (tertiary/aromatic N) is 2. The molecule has 7 nitrogen and oxygen atoms in total. The van der Waals surface area contributed by atoms with Crippen LogP contribution in [0.25, 0.3) is 10.2 Å². The Morgan fingerprint density at radius 2 is 1.97 bits per heavy atom. The van der Waals surface area contributed by atoms with Gasteiger partial charge in [-0.3, -0.25) is 19.8 Å². The van der Waals surface area contributed by atoms with Crippen molar-refractivity contribution in [1.29, 1.82) is 0 Å². The Kier molecular flexibility index (Phi) is 5.56. The lowest BCUT2D eigenvalue weighted by atomic mass is 10.2. The standard InChI is InChI=1S/C19H15FN4O3S2/c20-11-5-7-12(8-6-11)24-17(26)9-14(18(24)27)22-23-16(25)10-28-19-21-13-3-1-2-4-15(13)29-19/h1-8,14,22H,9-10H2,(H,23,25)/t14-/m0/s1. The van der Waals surface area contributed by atoms with Gasteiger partial charge in [-0.25, -0.2) is 19.7 Å². The average Bonchev–Trinajstić information content (AvgIpc) is 3.25. The van der Waals surface area contributed by atoms with Crippen molar-refractivity contribution in [3.8, 4) is 0 Å². The zero-order chi connectivity index (χ0) is 20.4. The highest BCUT2D eigenvalue weighted by molar-refractivity contribution is 8.01. The van der Waals surface area contributed by atoms with Crippen molar-refractivity contribution in [3.05, 3.63) is 54.3 Å². The molecule has 2 heterocycles.